The zero-order valence-electron chi connectivity index (χ0n) is 9.40. The number of hydrogen-bond donors (Lipinski definition) is 1. The maximum atomic E-state index is 10.4. The molecule has 0 radical (unpaired) electrons. The lowest BCUT2D eigenvalue weighted by molar-refractivity contribution is -0.108. The molecule has 3 nitrogen and oxygen atoms in total. The average molecular weight is 207 g/mol. The monoisotopic (exact) mass is 207 g/mol. The summed E-state index contributed by atoms with van der Waals surface area (Å²) in [6.45, 7) is 1.93. The van der Waals surface area contributed by atoms with Crippen LogP contribution >= 0.6 is 0 Å². The smallest absolute Gasteiger partial charge is 0.120 e. The molecule has 0 aliphatic rings. The van der Waals surface area contributed by atoms with Crippen molar-refractivity contribution in [2.45, 2.75) is 19.3 Å². The number of carbonyl (C=O) groups is 1. The Balaban J connectivity index is 3.04. The van der Waals surface area contributed by atoms with E-state index < -0.39 is 0 Å². The predicted octanol–water partition coefficient (Wildman–Crippen LogP) is 2.15. The molecule has 1 rings (SSSR count). The molecule has 0 bridgehead atoms. The van der Waals surface area contributed by atoms with Crippen LogP contribution < -0.4 is 4.90 Å². The standard InChI is InChI=1S/C12H17NO2/c1-9(6-7-14)11-8-10(13(2)3)4-5-12(11)15/h4-5,7-9,15H,6H2,1-3H3. The molecule has 15 heavy (non-hydrogen) atoms. The maximum absolute atomic E-state index is 10.4. The molecule has 0 saturated heterocycles. The van der Waals surface area contributed by atoms with Gasteiger partial charge in [0, 0.05) is 26.2 Å². The van der Waals surface area contributed by atoms with Crippen molar-refractivity contribution < 1.29 is 9.90 Å². The van der Waals surface area contributed by atoms with E-state index in [0.29, 0.717) is 6.42 Å². The molecule has 0 heterocycles. The van der Waals surface area contributed by atoms with E-state index in [-0.39, 0.29) is 11.7 Å². The van der Waals surface area contributed by atoms with Crippen LogP contribution in [0.5, 0.6) is 5.75 Å². The third-order valence-corrected chi connectivity index (χ3v) is 2.51. The number of aromatic hydroxyl groups is 1. The van der Waals surface area contributed by atoms with Gasteiger partial charge in [-0.15, -0.1) is 0 Å². The highest BCUT2D eigenvalue weighted by Crippen LogP contribution is 2.30. The number of nitrogens with zero attached hydrogens (tertiary/aromatic N) is 1. The second kappa shape index (κ2) is 4.82. The molecule has 1 N–H and O–H groups in total. The van der Waals surface area contributed by atoms with Crippen LogP contribution in [-0.4, -0.2) is 25.5 Å². The Hall–Kier alpha value is -1.51. The number of anilines is 1. The summed E-state index contributed by atoms with van der Waals surface area (Å²) >= 11 is 0. The van der Waals surface area contributed by atoms with Crippen LogP contribution in [-0.2, 0) is 4.79 Å². The molecule has 0 spiro atoms. The molecule has 0 aliphatic heterocycles. The topological polar surface area (TPSA) is 40.5 Å². The van der Waals surface area contributed by atoms with Crippen LogP contribution in [0.2, 0.25) is 0 Å². The first-order valence-electron chi connectivity index (χ1n) is 5.00. The number of hydrogen-bond acceptors (Lipinski definition) is 3. The first-order valence-corrected chi connectivity index (χ1v) is 5.00. The van der Waals surface area contributed by atoms with E-state index in [0.717, 1.165) is 17.5 Å². The highest BCUT2D eigenvalue weighted by Gasteiger charge is 2.11. The summed E-state index contributed by atoms with van der Waals surface area (Å²) in [5.41, 5.74) is 1.86. The molecule has 3 heteroatoms. The SMILES string of the molecule is CC(CC=O)c1cc(N(C)C)ccc1O. The van der Waals surface area contributed by atoms with Gasteiger partial charge in [0.1, 0.15) is 12.0 Å². The minimum absolute atomic E-state index is 0.0578. The van der Waals surface area contributed by atoms with Gasteiger partial charge in [-0.05, 0) is 29.7 Å². The van der Waals surface area contributed by atoms with E-state index in [9.17, 15) is 9.90 Å². The summed E-state index contributed by atoms with van der Waals surface area (Å²) in [6.07, 6.45) is 1.32. The highest BCUT2D eigenvalue weighted by molar-refractivity contribution is 5.56. The molecule has 0 saturated carbocycles. The molecule has 1 unspecified atom stereocenters. The fraction of sp³-hybridized carbons (Fsp3) is 0.417. The quantitative estimate of drug-likeness (QED) is 0.769. The molecule has 1 aromatic carbocycles. The van der Waals surface area contributed by atoms with Gasteiger partial charge >= 0.3 is 0 Å². The Labute approximate surface area is 90.3 Å². The van der Waals surface area contributed by atoms with E-state index in [1.807, 2.05) is 38.1 Å². The Bertz CT molecular complexity index is 347. The van der Waals surface area contributed by atoms with Crippen LogP contribution in [0.25, 0.3) is 0 Å². The van der Waals surface area contributed by atoms with E-state index in [2.05, 4.69) is 0 Å². The van der Waals surface area contributed by atoms with Gasteiger partial charge in [0.25, 0.3) is 0 Å². The zero-order chi connectivity index (χ0) is 11.4. The molecule has 1 atom stereocenters. The minimum atomic E-state index is 0.0578. The lowest BCUT2D eigenvalue weighted by Crippen LogP contribution is -2.09. The summed E-state index contributed by atoms with van der Waals surface area (Å²) in [5.74, 6) is 0.317. The third-order valence-electron chi connectivity index (χ3n) is 2.51. The predicted molar refractivity (Wildman–Crippen MR) is 61.5 cm³/mol. The molecule has 0 amide bonds. The van der Waals surface area contributed by atoms with Crippen LogP contribution in [0.4, 0.5) is 5.69 Å². The molecule has 1 aromatic rings. The van der Waals surface area contributed by atoms with Crippen LogP contribution in [0.15, 0.2) is 18.2 Å². The highest BCUT2D eigenvalue weighted by atomic mass is 16.3. The largest absolute Gasteiger partial charge is 0.508 e. The number of rotatable bonds is 4. The summed E-state index contributed by atoms with van der Waals surface area (Å²) in [7, 11) is 3.89. The Morgan fingerprint density at radius 1 is 1.47 bits per heavy atom. The van der Waals surface area contributed by atoms with Crippen molar-refractivity contribution in [3.8, 4) is 5.75 Å². The molecule has 0 fully saturated rings. The van der Waals surface area contributed by atoms with Crippen molar-refractivity contribution in [1.29, 1.82) is 0 Å². The van der Waals surface area contributed by atoms with Gasteiger partial charge in [0.15, 0.2) is 0 Å². The number of carbonyl (C=O) groups excluding carboxylic acids is 1. The normalized spacial score (nSPS) is 12.2. The van der Waals surface area contributed by atoms with Gasteiger partial charge in [0.2, 0.25) is 0 Å². The van der Waals surface area contributed by atoms with E-state index >= 15 is 0 Å². The second-order valence-electron chi connectivity index (χ2n) is 3.94. The fourth-order valence-electron chi connectivity index (χ4n) is 1.49. The van der Waals surface area contributed by atoms with Crippen molar-refractivity contribution in [1.82, 2.24) is 0 Å². The van der Waals surface area contributed by atoms with Crippen molar-refractivity contribution in [2.24, 2.45) is 0 Å². The molecular formula is C12H17NO2. The lowest BCUT2D eigenvalue weighted by Gasteiger charge is -2.17. The van der Waals surface area contributed by atoms with Crippen LogP contribution in [0.3, 0.4) is 0 Å². The van der Waals surface area contributed by atoms with E-state index in [4.69, 9.17) is 0 Å². The van der Waals surface area contributed by atoms with Gasteiger partial charge in [-0.25, -0.2) is 0 Å². The number of phenols is 1. The van der Waals surface area contributed by atoms with Gasteiger partial charge in [-0.1, -0.05) is 6.92 Å². The first-order chi connectivity index (χ1) is 7.06. The van der Waals surface area contributed by atoms with Crippen molar-refractivity contribution in [3.63, 3.8) is 0 Å². The van der Waals surface area contributed by atoms with Crippen molar-refractivity contribution in [3.05, 3.63) is 23.8 Å². The molecule has 0 aliphatic carbocycles. The average Bonchev–Trinajstić information content (AvgIpc) is 2.18. The van der Waals surface area contributed by atoms with Crippen molar-refractivity contribution >= 4 is 12.0 Å². The number of phenolic OH excluding ortho intramolecular Hbond substituents is 1. The van der Waals surface area contributed by atoms with Crippen LogP contribution in [0, 0.1) is 0 Å². The molecule has 82 valence electrons. The summed E-state index contributed by atoms with van der Waals surface area (Å²) in [6, 6.07) is 5.45. The number of aldehydes is 1. The second-order valence-corrected chi connectivity index (χ2v) is 3.94. The van der Waals surface area contributed by atoms with Gasteiger partial charge in [-0.2, -0.15) is 0 Å². The molecular weight excluding hydrogens is 190 g/mol. The van der Waals surface area contributed by atoms with Gasteiger partial charge in [0.05, 0.1) is 0 Å². The third kappa shape index (κ3) is 2.72. The maximum Gasteiger partial charge on any atom is 0.120 e. The van der Waals surface area contributed by atoms with Gasteiger partial charge < -0.3 is 14.8 Å². The lowest BCUT2D eigenvalue weighted by atomic mass is 9.97. The summed E-state index contributed by atoms with van der Waals surface area (Å²) in [4.78, 5) is 12.4. The van der Waals surface area contributed by atoms with Crippen molar-refractivity contribution in [2.75, 3.05) is 19.0 Å². The Kier molecular flexibility index (Phi) is 3.72. The number of benzene rings is 1. The zero-order valence-corrected chi connectivity index (χ0v) is 9.40. The Morgan fingerprint density at radius 2 is 2.13 bits per heavy atom. The molecule has 0 aromatic heterocycles. The van der Waals surface area contributed by atoms with Gasteiger partial charge in [-0.3, -0.25) is 0 Å². The van der Waals surface area contributed by atoms with Crippen LogP contribution in [0.1, 0.15) is 24.8 Å². The summed E-state index contributed by atoms with van der Waals surface area (Å²) < 4.78 is 0. The Morgan fingerprint density at radius 3 is 2.67 bits per heavy atom. The first kappa shape index (κ1) is 11.6. The van der Waals surface area contributed by atoms with E-state index in [1.54, 1.807) is 6.07 Å². The van der Waals surface area contributed by atoms with E-state index in [1.165, 1.54) is 0 Å². The fourth-order valence-corrected chi connectivity index (χ4v) is 1.49. The summed E-state index contributed by atoms with van der Waals surface area (Å²) in [5, 5.41) is 9.68. The minimum Gasteiger partial charge on any atom is -0.508 e.